The van der Waals surface area contributed by atoms with Crippen LogP contribution in [-0.2, 0) is 11.3 Å². The van der Waals surface area contributed by atoms with Crippen molar-refractivity contribution < 1.29 is 9.59 Å². The highest BCUT2D eigenvalue weighted by Gasteiger charge is 2.25. The fraction of sp³-hybridized carbons (Fsp3) is 0.450. The van der Waals surface area contributed by atoms with Gasteiger partial charge in [0.05, 0.1) is 24.3 Å². The Morgan fingerprint density at radius 2 is 1.85 bits per heavy atom. The van der Waals surface area contributed by atoms with Crippen LogP contribution in [0.25, 0.3) is 0 Å². The van der Waals surface area contributed by atoms with E-state index in [1.807, 2.05) is 52.0 Å². The molecule has 0 atom stereocenters. The summed E-state index contributed by atoms with van der Waals surface area (Å²) < 4.78 is 1.62. The topological polar surface area (TPSA) is 67.2 Å². The highest BCUT2D eigenvalue weighted by molar-refractivity contribution is 6.33. The SMILES string of the molecule is CCN(CC(=O)NC(C)C)C(=O)c1c(C)nn(Cc2ccc(C)cc2)c1Cl. The Bertz CT molecular complexity index is 812. The zero-order valence-electron chi connectivity index (χ0n) is 16.5. The Labute approximate surface area is 165 Å². The molecule has 0 aliphatic rings. The summed E-state index contributed by atoms with van der Waals surface area (Å²) >= 11 is 6.48. The summed E-state index contributed by atoms with van der Waals surface area (Å²) in [6.45, 7) is 10.3. The van der Waals surface area contributed by atoms with Crippen molar-refractivity contribution >= 4 is 23.4 Å². The standard InChI is InChI=1S/C20H27ClN4O2/c1-6-24(12-17(26)22-13(2)3)20(27)18-15(5)23-25(19(18)21)11-16-9-7-14(4)8-10-16/h7-10,13H,6,11-12H2,1-5H3,(H,22,26). The predicted molar refractivity (Wildman–Crippen MR) is 107 cm³/mol. The van der Waals surface area contributed by atoms with Crippen LogP contribution in [0.4, 0.5) is 0 Å². The lowest BCUT2D eigenvalue weighted by Gasteiger charge is -2.21. The van der Waals surface area contributed by atoms with E-state index in [0.717, 1.165) is 5.56 Å². The minimum absolute atomic E-state index is 0.00752. The van der Waals surface area contributed by atoms with Crippen molar-refractivity contribution in [2.24, 2.45) is 0 Å². The lowest BCUT2D eigenvalue weighted by Crippen LogP contribution is -2.42. The van der Waals surface area contributed by atoms with E-state index in [4.69, 9.17) is 11.6 Å². The normalized spacial score (nSPS) is 10.9. The Hall–Kier alpha value is -2.34. The lowest BCUT2D eigenvalue weighted by molar-refractivity contribution is -0.122. The highest BCUT2D eigenvalue weighted by Crippen LogP contribution is 2.23. The Kier molecular flexibility index (Phi) is 7.02. The molecule has 0 saturated carbocycles. The van der Waals surface area contributed by atoms with Gasteiger partial charge in [-0.25, -0.2) is 4.68 Å². The van der Waals surface area contributed by atoms with E-state index in [9.17, 15) is 9.59 Å². The third-order valence-electron chi connectivity index (χ3n) is 4.19. The number of aromatic nitrogens is 2. The van der Waals surface area contributed by atoms with Crippen molar-refractivity contribution in [3.05, 3.63) is 51.8 Å². The summed E-state index contributed by atoms with van der Waals surface area (Å²) in [6.07, 6.45) is 0. The minimum atomic E-state index is -0.283. The van der Waals surface area contributed by atoms with Crippen LogP contribution in [-0.4, -0.2) is 45.6 Å². The predicted octanol–water partition coefficient (Wildman–Crippen LogP) is 3.19. The van der Waals surface area contributed by atoms with Crippen LogP contribution < -0.4 is 5.32 Å². The van der Waals surface area contributed by atoms with Crippen LogP contribution in [0, 0.1) is 13.8 Å². The van der Waals surface area contributed by atoms with Gasteiger partial charge in [0, 0.05) is 12.6 Å². The first-order chi connectivity index (χ1) is 12.7. The van der Waals surface area contributed by atoms with Gasteiger partial charge in [0.15, 0.2) is 0 Å². The average Bonchev–Trinajstić information content (AvgIpc) is 2.87. The van der Waals surface area contributed by atoms with Crippen LogP contribution in [0.1, 0.15) is 48.0 Å². The molecular formula is C20H27ClN4O2. The van der Waals surface area contributed by atoms with E-state index in [1.165, 1.54) is 10.5 Å². The number of benzene rings is 1. The molecule has 0 fully saturated rings. The van der Waals surface area contributed by atoms with Crippen LogP contribution >= 0.6 is 11.6 Å². The summed E-state index contributed by atoms with van der Waals surface area (Å²) in [7, 11) is 0. The largest absolute Gasteiger partial charge is 0.352 e. The zero-order valence-corrected chi connectivity index (χ0v) is 17.3. The number of aryl methyl sites for hydroxylation is 2. The highest BCUT2D eigenvalue weighted by atomic mass is 35.5. The molecule has 0 aliphatic carbocycles. The molecular weight excluding hydrogens is 364 g/mol. The number of nitrogens with zero attached hydrogens (tertiary/aromatic N) is 3. The fourth-order valence-corrected chi connectivity index (χ4v) is 3.11. The van der Waals surface area contributed by atoms with E-state index in [-0.39, 0.29) is 24.4 Å². The molecule has 7 heteroatoms. The van der Waals surface area contributed by atoms with Crippen molar-refractivity contribution in [3.8, 4) is 0 Å². The average molecular weight is 391 g/mol. The molecule has 0 bridgehead atoms. The summed E-state index contributed by atoms with van der Waals surface area (Å²) in [5.74, 6) is -0.477. The molecule has 0 spiro atoms. The quantitative estimate of drug-likeness (QED) is 0.789. The van der Waals surface area contributed by atoms with Gasteiger partial charge in [-0.15, -0.1) is 0 Å². The molecule has 1 aromatic heterocycles. The maximum atomic E-state index is 13.0. The summed E-state index contributed by atoms with van der Waals surface area (Å²) in [6, 6.07) is 8.10. The molecule has 27 heavy (non-hydrogen) atoms. The first kappa shape index (κ1) is 21.0. The van der Waals surface area contributed by atoms with Crippen molar-refractivity contribution in [1.29, 1.82) is 0 Å². The van der Waals surface area contributed by atoms with Gasteiger partial charge in [-0.05, 0) is 40.2 Å². The molecule has 2 amide bonds. The molecule has 2 rings (SSSR count). The molecule has 6 nitrogen and oxygen atoms in total. The van der Waals surface area contributed by atoms with Gasteiger partial charge in [0.25, 0.3) is 5.91 Å². The number of nitrogens with one attached hydrogen (secondary N) is 1. The smallest absolute Gasteiger partial charge is 0.259 e. The molecule has 0 saturated heterocycles. The lowest BCUT2D eigenvalue weighted by atomic mass is 10.1. The number of carbonyl (C=O) groups excluding carboxylic acids is 2. The van der Waals surface area contributed by atoms with Crippen molar-refractivity contribution in [2.75, 3.05) is 13.1 Å². The zero-order chi connectivity index (χ0) is 20.1. The summed E-state index contributed by atoms with van der Waals surface area (Å²) in [5, 5.41) is 7.52. The molecule has 0 aliphatic heterocycles. The second-order valence-corrected chi connectivity index (χ2v) is 7.29. The molecule has 1 heterocycles. The van der Waals surface area contributed by atoms with Crippen LogP contribution in [0.2, 0.25) is 5.15 Å². The van der Waals surface area contributed by atoms with Gasteiger partial charge in [0.1, 0.15) is 5.15 Å². The second-order valence-electron chi connectivity index (χ2n) is 6.94. The molecule has 0 radical (unpaired) electrons. The maximum Gasteiger partial charge on any atom is 0.259 e. The number of hydrogen-bond donors (Lipinski definition) is 1. The van der Waals surface area contributed by atoms with Crippen molar-refractivity contribution in [2.45, 2.75) is 47.2 Å². The third kappa shape index (κ3) is 5.32. The van der Waals surface area contributed by atoms with Gasteiger partial charge >= 0.3 is 0 Å². The fourth-order valence-electron chi connectivity index (χ4n) is 2.79. The molecule has 146 valence electrons. The van der Waals surface area contributed by atoms with E-state index in [0.29, 0.717) is 29.5 Å². The maximum absolute atomic E-state index is 13.0. The third-order valence-corrected chi connectivity index (χ3v) is 4.57. The molecule has 1 N–H and O–H groups in total. The number of hydrogen-bond acceptors (Lipinski definition) is 3. The van der Waals surface area contributed by atoms with E-state index in [2.05, 4.69) is 10.4 Å². The number of carbonyl (C=O) groups is 2. The van der Waals surface area contributed by atoms with Gasteiger partial charge in [-0.3, -0.25) is 9.59 Å². The van der Waals surface area contributed by atoms with Crippen molar-refractivity contribution in [3.63, 3.8) is 0 Å². The van der Waals surface area contributed by atoms with Gasteiger partial charge in [-0.1, -0.05) is 41.4 Å². The van der Waals surface area contributed by atoms with Crippen LogP contribution in [0.15, 0.2) is 24.3 Å². The summed E-state index contributed by atoms with van der Waals surface area (Å²) in [4.78, 5) is 26.5. The van der Waals surface area contributed by atoms with Gasteiger partial charge < -0.3 is 10.2 Å². The van der Waals surface area contributed by atoms with E-state index >= 15 is 0 Å². The Morgan fingerprint density at radius 3 is 2.41 bits per heavy atom. The van der Waals surface area contributed by atoms with Gasteiger partial charge in [-0.2, -0.15) is 5.10 Å². The minimum Gasteiger partial charge on any atom is -0.352 e. The van der Waals surface area contributed by atoms with Gasteiger partial charge in [0.2, 0.25) is 5.91 Å². The molecule has 2 aromatic rings. The monoisotopic (exact) mass is 390 g/mol. The van der Waals surface area contributed by atoms with E-state index in [1.54, 1.807) is 11.6 Å². The van der Waals surface area contributed by atoms with Crippen molar-refractivity contribution in [1.82, 2.24) is 20.0 Å². The number of halogens is 1. The molecule has 1 aromatic carbocycles. The van der Waals surface area contributed by atoms with Crippen LogP contribution in [0.5, 0.6) is 0 Å². The number of amides is 2. The van der Waals surface area contributed by atoms with E-state index < -0.39 is 0 Å². The first-order valence-corrected chi connectivity index (χ1v) is 9.47. The number of rotatable bonds is 7. The second kappa shape index (κ2) is 9.04. The number of likely N-dealkylation sites (N-methyl/N-ethyl adjacent to an activating group) is 1. The molecule has 0 unspecified atom stereocenters. The van der Waals surface area contributed by atoms with Crippen LogP contribution in [0.3, 0.4) is 0 Å². The Balaban J connectivity index is 2.21. The summed E-state index contributed by atoms with van der Waals surface area (Å²) in [5.41, 5.74) is 3.13. The Morgan fingerprint density at radius 1 is 1.22 bits per heavy atom. The first-order valence-electron chi connectivity index (χ1n) is 9.10.